The maximum atomic E-state index is 15.4. The fourth-order valence-corrected chi connectivity index (χ4v) is 7.12. The molecule has 8 heteroatoms. The number of halogens is 1. The molecular weight excluding hydrogens is 497 g/mol. The van der Waals surface area contributed by atoms with Gasteiger partial charge < -0.3 is 24.4 Å². The summed E-state index contributed by atoms with van der Waals surface area (Å²) in [6, 6.07) is 10.8. The van der Waals surface area contributed by atoms with Crippen LogP contribution >= 0.6 is 0 Å². The van der Waals surface area contributed by atoms with Crippen molar-refractivity contribution in [3.05, 3.63) is 53.3 Å². The van der Waals surface area contributed by atoms with Crippen LogP contribution in [0.4, 0.5) is 15.8 Å². The lowest BCUT2D eigenvalue weighted by atomic mass is 9.76. The molecule has 7 rings (SSSR count). The molecule has 1 amide bonds. The molecule has 7 nitrogen and oxygen atoms in total. The Balaban J connectivity index is 0.986. The summed E-state index contributed by atoms with van der Waals surface area (Å²) in [7, 11) is 0. The first-order valence-corrected chi connectivity index (χ1v) is 14.6. The van der Waals surface area contributed by atoms with Crippen LogP contribution in [-0.4, -0.2) is 74.2 Å². The molecule has 208 valence electrons. The molecule has 3 saturated heterocycles. The van der Waals surface area contributed by atoms with E-state index in [1.165, 1.54) is 12.5 Å². The Kier molecular flexibility index (Phi) is 6.52. The van der Waals surface area contributed by atoms with Crippen molar-refractivity contribution in [2.75, 3.05) is 55.7 Å². The Bertz CT molecular complexity index is 1240. The molecule has 39 heavy (non-hydrogen) atoms. The summed E-state index contributed by atoms with van der Waals surface area (Å²) in [5.41, 5.74) is 2.96. The van der Waals surface area contributed by atoms with Crippen molar-refractivity contribution in [2.24, 2.45) is 11.3 Å². The molecule has 4 heterocycles. The van der Waals surface area contributed by atoms with Crippen molar-refractivity contribution in [3.63, 3.8) is 0 Å². The van der Waals surface area contributed by atoms with E-state index >= 15 is 4.39 Å². The SMILES string of the molecule is O=C1c2ccc(OCC3CCCO3)cc2CCN1c1ccc(N2CCC3(C2)CN(C(O)C2CCC2)C3)c(F)c1. The number of hydrogen-bond donors (Lipinski definition) is 1. The Hall–Kier alpha value is -2.68. The summed E-state index contributed by atoms with van der Waals surface area (Å²) in [6.07, 6.45) is 7.13. The first kappa shape index (κ1) is 25.3. The molecule has 2 aromatic rings. The van der Waals surface area contributed by atoms with Crippen molar-refractivity contribution < 1.29 is 23.8 Å². The number of hydrogen-bond acceptors (Lipinski definition) is 6. The van der Waals surface area contributed by atoms with E-state index in [1.54, 1.807) is 4.90 Å². The highest BCUT2D eigenvalue weighted by Gasteiger charge is 2.51. The quantitative estimate of drug-likeness (QED) is 0.573. The number of amides is 1. The van der Waals surface area contributed by atoms with Crippen molar-refractivity contribution >= 4 is 17.3 Å². The van der Waals surface area contributed by atoms with Crippen molar-refractivity contribution in [1.82, 2.24) is 4.90 Å². The van der Waals surface area contributed by atoms with Crippen LogP contribution in [0.2, 0.25) is 0 Å². The van der Waals surface area contributed by atoms with E-state index in [1.807, 2.05) is 30.3 Å². The van der Waals surface area contributed by atoms with Crippen LogP contribution in [0, 0.1) is 17.2 Å². The highest BCUT2D eigenvalue weighted by Crippen LogP contribution is 2.45. The van der Waals surface area contributed by atoms with Crippen LogP contribution in [0.25, 0.3) is 0 Å². The summed E-state index contributed by atoms with van der Waals surface area (Å²) in [5, 5.41) is 10.6. The molecule has 0 aromatic heterocycles. The molecule has 4 fully saturated rings. The van der Waals surface area contributed by atoms with E-state index in [0.717, 1.165) is 76.2 Å². The Morgan fingerprint density at radius 1 is 1.08 bits per heavy atom. The van der Waals surface area contributed by atoms with Gasteiger partial charge in [-0.3, -0.25) is 9.69 Å². The van der Waals surface area contributed by atoms with Crippen molar-refractivity contribution in [1.29, 1.82) is 0 Å². The van der Waals surface area contributed by atoms with Gasteiger partial charge in [-0.2, -0.15) is 0 Å². The number of fused-ring (bicyclic) bond motifs is 1. The smallest absolute Gasteiger partial charge is 0.258 e. The highest BCUT2D eigenvalue weighted by molar-refractivity contribution is 6.08. The van der Waals surface area contributed by atoms with Gasteiger partial charge in [-0.25, -0.2) is 4.39 Å². The zero-order valence-corrected chi connectivity index (χ0v) is 22.5. The van der Waals surface area contributed by atoms with Crippen LogP contribution in [0.3, 0.4) is 0 Å². The van der Waals surface area contributed by atoms with E-state index in [2.05, 4.69) is 9.80 Å². The first-order valence-electron chi connectivity index (χ1n) is 14.6. The maximum absolute atomic E-state index is 15.4. The number of benzene rings is 2. The van der Waals surface area contributed by atoms with E-state index in [4.69, 9.17) is 9.47 Å². The fourth-order valence-electron chi connectivity index (χ4n) is 7.12. The zero-order chi connectivity index (χ0) is 26.6. The number of carbonyl (C=O) groups excluding carboxylic acids is 1. The van der Waals surface area contributed by atoms with Crippen LogP contribution < -0.4 is 14.5 Å². The third-order valence-corrected chi connectivity index (χ3v) is 9.66. The van der Waals surface area contributed by atoms with Gasteiger partial charge in [0.05, 0.1) is 11.8 Å². The average Bonchev–Trinajstić information content (AvgIpc) is 3.56. The third kappa shape index (κ3) is 4.70. The van der Waals surface area contributed by atoms with E-state index < -0.39 is 0 Å². The largest absolute Gasteiger partial charge is 0.491 e. The summed E-state index contributed by atoms with van der Waals surface area (Å²) in [5.74, 6) is 0.804. The molecule has 2 unspecified atom stereocenters. The molecular formula is C31H38FN3O4. The van der Waals surface area contributed by atoms with E-state index in [0.29, 0.717) is 42.4 Å². The lowest BCUT2D eigenvalue weighted by Gasteiger charge is -2.52. The number of ether oxygens (including phenoxy) is 2. The van der Waals surface area contributed by atoms with Crippen molar-refractivity contribution in [3.8, 4) is 5.75 Å². The minimum absolute atomic E-state index is 0.103. The topological polar surface area (TPSA) is 65.5 Å². The van der Waals surface area contributed by atoms with E-state index in [9.17, 15) is 9.90 Å². The van der Waals surface area contributed by atoms with Gasteiger partial charge in [-0.1, -0.05) is 6.42 Å². The molecule has 2 aromatic carbocycles. The minimum Gasteiger partial charge on any atom is -0.491 e. The van der Waals surface area contributed by atoms with Gasteiger partial charge >= 0.3 is 0 Å². The summed E-state index contributed by atoms with van der Waals surface area (Å²) in [6.45, 7) is 5.25. The van der Waals surface area contributed by atoms with Crippen LogP contribution in [-0.2, 0) is 11.2 Å². The van der Waals surface area contributed by atoms with Crippen LogP contribution in [0.1, 0.15) is 54.4 Å². The Morgan fingerprint density at radius 2 is 1.95 bits per heavy atom. The average molecular weight is 536 g/mol. The number of anilines is 2. The minimum atomic E-state index is -0.313. The molecule has 2 atom stereocenters. The first-order chi connectivity index (χ1) is 19.0. The van der Waals surface area contributed by atoms with Gasteiger partial charge in [0.1, 0.15) is 24.4 Å². The molecule has 0 bridgehead atoms. The molecule has 1 spiro atoms. The highest BCUT2D eigenvalue weighted by atomic mass is 19.1. The predicted octanol–water partition coefficient (Wildman–Crippen LogP) is 4.22. The van der Waals surface area contributed by atoms with Crippen LogP contribution in [0.15, 0.2) is 36.4 Å². The second kappa shape index (κ2) is 10.1. The number of rotatable bonds is 7. The number of carbonyl (C=O) groups is 1. The van der Waals surface area contributed by atoms with E-state index in [-0.39, 0.29) is 29.5 Å². The Labute approximate surface area is 229 Å². The Morgan fingerprint density at radius 3 is 2.69 bits per heavy atom. The summed E-state index contributed by atoms with van der Waals surface area (Å²) >= 11 is 0. The van der Waals surface area contributed by atoms with Gasteiger partial charge in [0.2, 0.25) is 0 Å². The van der Waals surface area contributed by atoms with Crippen LogP contribution in [0.5, 0.6) is 5.75 Å². The number of aliphatic hydroxyl groups excluding tert-OH is 1. The number of nitrogens with zero attached hydrogens (tertiary/aromatic N) is 3. The number of aliphatic hydroxyl groups is 1. The zero-order valence-electron chi connectivity index (χ0n) is 22.5. The fraction of sp³-hybridized carbons (Fsp3) is 0.581. The van der Waals surface area contributed by atoms with Gasteiger partial charge in [0.25, 0.3) is 5.91 Å². The van der Waals surface area contributed by atoms with Gasteiger partial charge in [-0.05, 0) is 86.4 Å². The predicted molar refractivity (Wildman–Crippen MR) is 147 cm³/mol. The standard InChI is InChI=1S/C31H38FN3O4/c32-27-16-23(6-9-28(27)33-13-11-31(18-33)19-34(20-31)29(36)21-3-1-4-21)35-12-10-22-15-24(7-8-26(22)30(35)37)39-17-25-5-2-14-38-25/h6-9,15-16,21,25,29,36H,1-5,10-14,17-20H2. The second-order valence-electron chi connectivity index (χ2n) is 12.3. The number of likely N-dealkylation sites (tertiary alicyclic amines) is 1. The third-order valence-electron chi connectivity index (χ3n) is 9.66. The lowest BCUT2D eigenvalue weighted by molar-refractivity contribution is -0.140. The molecule has 1 N–H and O–H groups in total. The molecule has 1 saturated carbocycles. The monoisotopic (exact) mass is 535 g/mol. The molecule has 5 aliphatic rings. The van der Waals surface area contributed by atoms with Gasteiger partial charge in [0.15, 0.2) is 0 Å². The summed E-state index contributed by atoms with van der Waals surface area (Å²) in [4.78, 5) is 19.4. The van der Waals surface area contributed by atoms with Gasteiger partial charge in [-0.15, -0.1) is 0 Å². The lowest BCUT2D eigenvalue weighted by Crippen LogP contribution is -2.62. The molecule has 0 radical (unpaired) electrons. The molecule has 1 aliphatic carbocycles. The second-order valence-corrected chi connectivity index (χ2v) is 12.3. The van der Waals surface area contributed by atoms with Crippen molar-refractivity contribution in [2.45, 2.75) is 57.3 Å². The normalized spacial score (nSPS) is 25.5. The van der Waals surface area contributed by atoms with Gasteiger partial charge in [0, 0.05) is 56.0 Å². The maximum Gasteiger partial charge on any atom is 0.258 e. The summed E-state index contributed by atoms with van der Waals surface area (Å²) < 4.78 is 27.0. The molecule has 4 aliphatic heterocycles.